The molecule has 2 unspecified atom stereocenters. The van der Waals surface area contributed by atoms with E-state index >= 15 is 0 Å². The molecular weight excluding hydrogens is 410 g/mol. The number of aromatic nitrogens is 3. The third-order valence-electron chi connectivity index (χ3n) is 5.91. The van der Waals surface area contributed by atoms with Crippen LogP contribution >= 0.6 is 11.3 Å². The number of rotatable bonds is 5. The Bertz CT molecular complexity index is 1290. The first kappa shape index (κ1) is 19.8. The molecule has 4 aromatic rings. The lowest BCUT2D eigenvalue weighted by Gasteiger charge is -2.27. The van der Waals surface area contributed by atoms with Crippen LogP contribution in [0, 0.1) is 11.3 Å². The zero-order valence-corrected chi connectivity index (χ0v) is 18.0. The van der Waals surface area contributed by atoms with Gasteiger partial charge in [-0.1, -0.05) is 30.2 Å². The van der Waals surface area contributed by atoms with Crippen LogP contribution in [0.4, 0.5) is 5.13 Å². The summed E-state index contributed by atoms with van der Waals surface area (Å²) in [5.74, 6) is 0.551. The van der Waals surface area contributed by atoms with Gasteiger partial charge in [-0.25, -0.2) is 9.97 Å². The van der Waals surface area contributed by atoms with Gasteiger partial charge in [0.2, 0.25) is 0 Å². The third-order valence-corrected chi connectivity index (χ3v) is 6.86. The summed E-state index contributed by atoms with van der Waals surface area (Å²) < 4.78 is 8.52. The number of nitrogens with zero attached hydrogens (tertiary/aromatic N) is 4. The van der Waals surface area contributed by atoms with Crippen molar-refractivity contribution in [1.29, 1.82) is 5.26 Å². The zero-order chi connectivity index (χ0) is 21.4. The molecule has 1 aliphatic carbocycles. The summed E-state index contributed by atoms with van der Waals surface area (Å²) in [6.45, 7) is 0.656. The van der Waals surface area contributed by atoms with E-state index in [1.54, 1.807) is 30.8 Å². The van der Waals surface area contributed by atoms with Crippen molar-refractivity contribution in [1.82, 2.24) is 14.5 Å². The maximum Gasteiger partial charge on any atom is 0.184 e. The lowest BCUT2D eigenvalue weighted by molar-refractivity contribution is 0.116. The molecule has 1 aliphatic rings. The number of ether oxygens (including phenoxy) is 1. The highest BCUT2D eigenvalue weighted by atomic mass is 32.1. The lowest BCUT2D eigenvalue weighted by atomic mass is 9.93. The van der Waals surface area contributed by atoms with E-state index in [1.165, 1.54) is 0 Å². The minimum atomic E-state index is -0.301. The predicted molar refractivity (Wildman–Crippen MR) is 122 cm³/mol. The van der Waals surface area contributed by atoms with Crippen LogP contribution in [0.15, 0.2) is 36.7 Å². The average Bonchev–Trinajstić information content (AvgIpc) is 3.37. The molecule has 1 fully saturated rings. The highest BCUT2D eigenvalue weighted by molar-refractivity contribution is 7.22. The summed E-state index contributed by atoms with van der Waals surface area (Å²) in [7, 11) is 1.57. The Morgan fingerprint density at radius 2 is 2.13 bits per heavy atom. The van der Waals surface area contributed by atoms with Crippen LogP contribution in [0.3, 0.4) is 0 Å². The molecule has 31 heavy (non-hydrogen) atoms. The van der Waals surface area contributed by atoms with Crippen molar-refractivity contribution in [3.05, 3.63) is 47.8 Å². The summed E-state index contributed by atoms with van der Waals surface area (Å²) in [5, 5.41) is 23.8. The largest absolute Gasteiger partial charge is 0.495 e. The van der Waals surface area contributed by atoms with Gasteiger partial charge in [0, 0.05) is 12.6 Å². The van der Waals surface area contributed by atoms with Crippen molar-refractivity contribution in [2.45, 2.75) is 44.4 Å². The van der Waals surface area contributed by atoms with Crippen LogP contribution in [0.2, 0.25) is 0 Å². The molecule has 5 rings (SSSR count). The number of methoxy groups -OCH3 is 1. The van der Waals surface area contributed by atoms with Gasteiger partial charge in [0.25, 0.3) is 0 Å². The van der Waals surface area contributed by atoms with Crippen LogP contribution in [0.25, 0.3) is 21.3 Å². The molecule has 158 valence electrons. The maximum atomic E-state index is 10.2. The first-order chi connectivity index (χ1) is 15.1. The van der Waals surface area contributed by atoms with Crippen LogP contribution in [0.1, 0.15) is 36.8 Å². The minimum absolute atomic E-state index is 0.0828. The minimum Gasteiger partial charge on any atom is -0.495 e. The number of hydrogen-bond donors (Lipinski definition) is 2. The van der Waals surface area contributed by atoms with E-state index in [1.807, 2.05) is 12.1 Å². The molecule has 2 aromatic heterocycles. The molecule has 0 aliphatic heterocycles. The summed E-state index contributed by atoms with van der Waals surface area (Å²) in [4.78, 5) is 9.15. The molecule has 2 N–H and O–H groups in total. The van der Waals surface area contributed by atoms with Gasteiger partial charge >= 0.3 is 0 Å². The van der Waals surface area contributed by atoms with Crippen molar-refractivity contribution in [3.8, 4) is 11.8 Å². The Labute approximate surface area is 183 Å². The summed E-state index contributed by atoms with van der Waals surface area (Å²) >= 11 is 1.62. The molecule has 8 heteroatoms. The van der Waals surface area contributed by atoms with Crippen molar-refractivity contribution in [3.63, 3.8) is 0 Å². The Hall–Kier alpha value is -3.15. The van der Waals surface area contributed by atoms with Gasteiger partial charge < -0.3 is 19.7 Å². The first-order valence-corrected chi connectivity index (χ1v) is 11.2. The van der Waals surface area contributed by atoms with Gasteiger partial charge in [0.1, 0.15) is 11.8 Å². The number of thiazole rings is 1. The molecule has 0 amide bonds. The number of anilines is 1. The monoisotopic (exact) mass is 433 g/mol. The van der Waals surface area contributed by atoms with Gasteiger partial charge in [-0.3, -0.25) is 0 Å². The number of imidazole rings is 1. The van der Waals surface area contributed by atoms with E-state index in [9.17, 15) is 10.4 Å². The normalized spacial score (nSPS) is 18.9. The van der Waals surface area contributed by atoms with Gasteiger partial charge in [-0.2, -0.15) is 5.26 Å². The van der Waals surface area contributed by atoms with Crippen molar-refractivity contribution in [2.24, 2.45) is 0 Å². The SMILES string of the molecule is COc1cc2c(cc1C#N)ncn2Cc1ccc2nc(NC3CCCCC3O)sc2c1. The lowest BCUT2D eigenvalue weighted by Crippen LogP contribution is -2.36. The molecule has 7 nitrogen and oxygen atoms in total. The quantitative estimate of drug-likeness (QED) is 0.487. The Kier molecular flexibility index (Phi) is 5.22. The standard InChI is InChI=1S/C23H23N5O2S/c1-30-21-10-19-18(9-15(21)11-24)25-13-28(19)12-14-6-7-17-22(8-14)31-23(27-17)26-16-4-2-3-5-20(16)29/h6-10,13,16,20,29H,2-5,12H2,1H3,(H,26,27). The van der Waals surface area contributed by atoms with Gasteiger partial charge in [-0.15, -0.1) is 0 Å². The highest BCUT2D eigenvalue weighted by Crippen LogP contribution is 2.31. The molecule has 2 heterocycles. The van der Waals surface area contributed by atoms with E-state index in [0.717, 1.165) is 57.6 Å². The summed E-state index contributed by atoms with van der Waals surface area (Å²) in [5.41, 5.74) is 4.28. The number of aliphatic hydroxyl groups excluding tert-OH is 1. The Morgan fingerprint density at radius 3 is 2.94 bits per heavy atom. The number of fused-ring (bicyclic) bond motifs is 2. The fourth-order valence-electron chi connectivity index (χ4n) is 4.23. The average molecular weight is 434 g/mol. The van der Waals surface area contributed by atoms with Crippen molar-refractivity contribution >= 4 is 37.7 Å². The van der Waals surface area contributed by atoms with Gasteiger partial charge in [0.15, 0.2) is 5.13 Å². The first-order valence-electron chi connectivity index (χ1n) is 10.4. The van der Waals surface area contributed by atoms with Crippen LogP contribution in [-0.2, 0) is 6.54 Å². The fourth-order valence-corrected chi connectivity index (χ4v) is 5.22. The molecule has 0 bridgehead atoms. The zero-order valence-electron chi connectivity index (χ0n) is 17.2. The number of benzene rings is 2. The number of nitrogens with one attached hydrogen (secondary N) is 1. The summed E-state index contributed by atoms with van der Waals surface area (Å²) in [6, 6.07) is 12.1. The molecule has 2 aromatic carbocycles. The number of aliphatic hydroxyl groups is 1. The van der Waals surface area contributed by atoms with E-state index in [-0.39, 0.29) is 12.1 Å². The molecule has 0 saturated heterocycles. The van der Waals surface area contributed by atoms with E-state index < -0.39 is 0 Å². The second kappa shape index (κ2) is 8.17. The molecule has 0 radical (unpaired) electrons. The smallest absolute Gasteiger partial charge is 0.184 e. The fraction of sp³-hybridized carbons (Fsp3) is 0.348. The van der Waals surface area contributed by atoms with E-state index in [4.69, 9.17) is 9.72 Å². The van der Waals surface area contributed by atoms with Crippen molar-refractivity contribution < 1.29 is 9.84 Å². The van der Waals surface area contributed by atoms with Gasteiger partial charge in [-0.05, 0) is 36.6 Å². The predicted octanol–water partition coefficient (Wildman–Crippen LogP) is 4.29. The van der Waals surface area contributed by atoms with Crippen LogP contribution in [-0.4, -0.2) is 38.9 Å². The molecule has 1 saturated carbocycles. The molecule has 2 atom stereocenters. The Balaban J connectivity index is 1.40. The maximum absolute atomic E-state index is 10.2. The number of nitriles is 1. The van der Waals surface area contributed by atoms with Crippen LogP contribution < -0.4 is 10.1 Å². The molecule has 0 spiro atoms. The second-order valence-corrected chi connectivity index (χ2v) is 8.98. The van der Waals surface area contributed by atoms with Crippen molar-refractivity contribution in [2.75, 3.05) is 12.4 Å². The van der Waals surface area contributed by atoms with Gasteiger partial charge in [0.05, 0.1) is 52.4 Å². The second-order valence-electron chi connectivity index (χ2n) is 7.95. The highest BCUT2D eigenvalue weighted by Gasteiger charge is 2.23. The molecular formula is C23H23N5O2S. The number of hydrogen-bond acceptors (Lipinski definition) is 7. The van der Waals surface area contributed by atoms with Crippen LogP contribution in [0.5, 0.6) is 5.75 Å². The van der Waals surface area contributed by atoms with E-state index in [0.29, 0.717) is 17.9 Å². The van der Waals surface area contributed by atoms with E-state index in [2.05, 4.69) is 33.1 Å². The third kappa shape index (κ3) is 3.82. The summed E-state index contributed by atoms with van der Waals surface area (Å²) in [6.07, 6.45) is 5.56. The Morgan fingerprint density at radius 1 is 1.26 bits per heavy atom. The topological polar surface area (TPSA) is 96.0 Å².